The van der Waals surface area contributed by atoms with Crippen LogP contribution in [0.1, 0.15) is 11.1 Å². The number of rotatable bonds is 8. The van der Waals surface area contributed by atoms with Crippen molar-refractivity contribution in [3.8, 4) is 11.5 Å². The van der Waals surface area contributed by atoms with E-state index >= 15 is 0 Å². The molecule has 0 saturated heterocycles. The average Bonchev–Trinajstić information content (AvgIpc) is 2.66. The highest BCUT2D eigenvalue weighted by molar-refractivity contribution is 7.80. The van der Waals surface area contributed by atoms with Crippen LogP contribution < -0.4 is 20.2 Å². The number of methoxy groups -OCH3 is 1. The molecule has 2 aromatic carbocycles. The van der Waals surface area contributed by atoms with E-state index in [9.17, 15) is 4.39 Å². The Bertz CT molecular complexity index is 779. The van der Waals surface area contributed by atoms with Crippen molar-refractivity contribution in [1.82, 2.24) is 10.7 Å². The molecule has 0 bridgehead atoms. The number of nitrogens with zero attached hydrogens (tertiary/aromatic N) is 1. The van der Waals surface area contributed by atoms with Gasteiger partial charge in [0.05, 0.1) is 13.3 Å². The highest BCUT2D eigenvalue weighted by atomic mass is 32.1. The van der Waals surface area contributed by atoms with Crippen LogP contribution in [-0.2, 0) is 6.61 Å². The summed E-state index contributed by atoms with van der Waals surface area (Å²) in [4.78, 5) is 0. The zero-order valence-corrected chi connectivity index (χ0v) is 15.2. The molecule has 0 aliphatic heterocycles. The largest absolute Gasteiger partial charge is 0.496 e. The Morgan fingerprint density at radius 1 is 1.27 bits per heavy atom. The van der Waals surface area contributed by atoms with Crippen molar-refractivity contribution in [3.05, 3.63) is 72.1 Å². The lowest BCUT2D eigenvalue weighted by atomic mass is 10.1. The van der Waals surface area contributed by atoms with E-state index < -0.39 is 0 Å². The Kier molecular flexibility index (Phi) is 7.57. The van der Waals surface area contributed by atoms with Gasteiger partial charge in [-0.15, -0.1) is 6.58 Å². The van der Waals surface area contributed by atoms with Crippen molar-refractivity contribution >= 4 is 23.5 Å². The Morgan fingerprint density at radius 2 is 2.04 bits per heavy atom. The molecule has 0 radical (unpaired) electrons. The summed E-state index contributed by atoms with van der Waals surface area (Å²) in [5.74, 6) is 0.967. The van der Waals surface area contributed by atoms with Gasteiger partial charge in [-0.1, -0.05) is 6.08 Å². The predicted molar refractivity (Wildman–Crippen MR) is 105 cm³/mol. The first-order valence-electron chi connectivity index (χ1n) is 7.85. The summed E-state index contributed by atoms with van der Waals surface area (Å²) >= 11 is 5.05. The van der Waals surface area contributed by atoms with Gasteiger partial charge >= 0.3 is 0 Å². The summed E-state index contributed by atoms with van der Waals surface area (Å²) in [5, 5.41) is 7.41. The van der Waals surface area contributed by atoms with E-state index in [1.165, 1.54) is 12.1 Å². The molecule has 0 spiro atoms. The number of hydrazone groups is 1. The molecule has 0 heterocycles. The molecule has 0 aliphatic carbocycles. The van der Waals surface area contributed by atoms with Gasteiger partial charge in [-0.05, 0) is 60.2 Å². The van der Waals surface area contributed by atoms with Crippen molar-refractivity contribution in [2.75, 3.05) is 13.7 Å². The average molecular weight is 373 g/mol. The summed E-state index contributed by atoms with van der Waals surface area (Å²) in [6.07, 6.45) is 3.34. The number of benzene rings is 2. The molecule has 0 fully saturated rings. The number of nitrogens with one attached hydrogen (secondary N) is 2. The van der Waals surface area contributed by atoms with E-state index in [1.807, 2.05) is 18.2 Å². The molecule has 7 heteroatoms. The van der Waals surface area contributed by atoms with Gasteiger partial charge in [0, 0.05) is 12.1 Å². The van der Waals surface area contributed by atoms with Gasteiger partial charge in [-0.2, -0.15) is 5.10 Å². The first-order valence-corrected chi connectivity index (χ1v) is 8.26. The molecule has 2 N–H and O–H groups in total. The summed E-state index contributed by atoms with van der Waals surface area (Å²) in [6.45, 7) is 4.44. The fraction of sp³-hybridized carbons (Fsp3) is 0.158. The Balaban J connectivity index is 2.01. The van der Waals surface area contributed by atoms with E-state index in [-0.39, 0.29) is 12.4 Å². The second-order valence-electron chi connectivity index (χ2n) is 5.18. The Hall–Kier alpha value is -2.93. The standard InChI is InChI=1S/C19H20FN3O2S/c1-3-10-21-19(26)23-22-12-14-4-9-18(24-2)15(11-14)13-25-17-7-5-16(20)6-8-17/h3-9,11-12H,1,10,13H2,2H3,(H2,21,23,26)/b22-12-. The Morgan fingerprint density at radius 3 is 2.73 bits per heavy atom. The summed E-state index contributed by atoms with van der Waals surface area (Å²) in [6, 6.07) is 11.5. The molecule has 0 saturated carbocycles. The third-order valence-corrected chi connectivity index (χ3v) is 3.53. The topological polar surface area (TPSA) is 54.9 Å². The number of halogens is 1. The quantitative estimate of drug-likeness (QED) is 0.321. The minimum absolute atomic E-state index is 0.281. The molecule has 0 aromatic heterocycles. The van der Waals surface area contributed by atoms with Crippen LogP contribution in [0.2, 0.25) is 0 Å². The van der Waals surface area contributed by atoms with Crippen LogP contribution in [-0.4, -0.2) is 25.0 Å². The van der Waals surface area contributed by atoms with Crippen LogP contribution in [0.4, 0.5) is 4.39 Å². The normalized spacial score (nSPS) is 10.4. The van der Waals surface area contributed by atoms with Gasteiger partial charge in [0.1, 0.15) is 23.9 Å². The van der Waals surface area contributed by atoms with Gasteiger partial charge in [-0.3, -0.25) is 5.43 Å². The molecule has 0 amide bonds. The van der Waals surface area contributed by atoms with Gasteiger partial charge in [0.2, 0.25) is 0 Å². The van der Waals surface area contributed by atoms with Crippen molar-refractivity contribution in [2.24, 2.45) is 5.10 Å². The van der Waals surface area contributed by atoms with Crippen LogP contribution >= 0.6 is 12.2 Å². The lowest BCUT2D eigenvalue weighted by molar-refractivity contribution is 0.296. The van der Waals surface area contributed by atoms with Gasteiger partial charge in [-0.25, -0.2) is 4.39 Å². The Labute approximate surface area is 157 Å². The zero-order chi connectivity index (χ0) is 18.8. The van der Waals surface area contributed by atoms with Crippen molar-refractivity contribution in [3.63, 3.8) is 0 Å². The fourth-order valence-electron chi connectivity index (χ4n) is 2.05. The first-order chi connectivity index (χ1) is 12.6. The number of ether oxygens (including phenoxy) is 2. The second-order valence-corrected chi connectivity index (χ2v) is 5.59. The highest BCUT2D eigenvalue weighted by Crippen LogP contribution is 2.22. The second kappa shape index (κ2) is 10.1. The van der Waals surface area contributed by atoms with E-state index in [0.29, 0.717) is 23.2 Å². The molecule has 26 heavy (non-hydrogen) atoms. The lowest BCUT2D eigenvalue weighted by Gasteiger charge is -2.11. The van der Waals surface area contributed by atoms with Crippen LogP contribution in [0.3, 0.4) is 0 Å². The van der Waals surface area contributed by atoms with Gasteiger partial charge in [0.15, 0.2) is 5.11 Å². The van der Waals surface area contributed by atoms with Gasteiger partial charge in [0.25, 0.3) is 0 Å². The van der Waals surface area contributed by atoms with E-state index in [4.69, 9.17) is 21.7 Å². The zero-order valence-electron chi connectivity index (χ0n) is 14.4. The summed E-state index contributed by atoms with van der Waals surface area (Å²) in [7, 11) is 1.59. The SMILES string of the molecule is C=CCNC(=S)N/N=C\c1ccc(OC)c(COc2ccc(F)cc2)c1. The molecule has 136 valence electrons. The maximum absolute atomic E-state index is 13.0. The van der Waals surface area contributed by atoms with E-state index in [2.05, 4.69) is 22.4 Å². The molecule has 0 atom stereocenters. The minimum Gasteiger partial charge on any atom is -0.496 e. The van der Waals surface area contributed by atoms with Crippen molar-refractivity contribution < 1.29 is 13.9 Å². The minimum atomic E-state index is -0.305. The number of hydrogen-bond donors (Lipinski definition) is 2. The van der Waals surface area contributed by atoms with Crippen LogP contribution in [0.15, 0.2) is 60.2 Å². The highest BCUT2D eigenvalue weighted by Gasteiger charge is 2.05. The summed E-state index contributed by atoms with van der Waals surface area (Å²) < 4.78 is 24.0. The lowest BCUT2D eigenvalue weighted by Crippen LogP contribution is -2.31. The maximum atomic E-state index is 13.0. The number of hydrogen-bond acceptors (Lipinski definition) is 4. The monoisotopic (exact) mass is 373 g/mol. The van der Waals surface area contributed by atoms with Crippen LogP contribution in [0.5, 0.6) is 11.5 Å². The predicted octanol–water partition coefficient (Wildman–Crippen LogP) is 3.40. The van der Waals surface area contributed by atoms with Crippen molar-refractivity contribution in [1.29, 1.82) is 0 Å². The van der Waals surface area contributed by atoms with E-state index in [0.717, 1.165) is 11.1 Å². The molecular formula is C19H20FN3O2S. The van der Waals surface area contributed by atoms with Gasteiger partial charge < -0.3 is 14.8 Å². The fourth-order valence-corrected chi connectivity index (χ4v) is 2.19. The van der Waals surface area contributed by atoms with Crippen LogP contribution in [0, 0.1) is 5.82 Å². The third kappa shape index (κ3) is 6.18. The third-order valence-electron chi connectivity index (χ3n) is 3.30. The summed E-state index contributed by atoms with van der Waals surface area (Å²) in [5.41, 5.74) is 4.41. The molecule has 2 rings (SSSR count). The number of thiocarbonyl (C=S) groups is 1. The molecule has 0 unspecified atom stereocenters. The van der Waals surface area contributed by atoms with Crippen LogP contribution in [0.25, 0.3) is 0 Å². The molecule has 5 nitrogen and oxygen atoms in total. The molecule has 2 aromatic rings. The maximum Gasteiger partial charge on any atom is 0.187 e. The molecular weight excluding hydrogens is 353 g/mol. The first kappa shape index (κ1) is 19.4. The van der Waals surface area contributed by atoms with E-state index in [1.54, 1.807) is 31.5 Å². The van der Waals surface area contributed by atoms with Crippen molar-refractivity contribution in [2.45, 2.75) is 6.61 Å². The molecule has 0 aliphatic rings. The smallest absolute Gasteiger partial charge is 0.187 e.